The molecule has 0 saturated heterocycles. The van der Waals surface area contributed by atoms with Crippen LogP contribution in [0.15, 0.2) is 23.1 Å². The van der Waals surface area contributed by atoms with Crippen molar-refractivity contribution in [2.24, 2.45) is 0 Å². The molecule has 3 N–H and O–H groups in total. The van der Waals surface area contributed by atoms with Crippen molar-refractivity contribution in [2.45, 2.75) is 24.3 Å². The van der Waals surface area contributed by atoms with Crippen molar-refractivity contribution in [1.82, 2.24) is 4.72 Å². The molecule has 0 amide bonds. The van der Waals surface area contributed by atoms with Crippen LogP contribution >= 0.6 is 0 Å². The first kappa shape index (κ1) is 16.5. The van der Waals surface area contributed by atoms with Gasteiger partial charge in [-0.3, -0.25) is 10.1 Å². The number of aliphatic hydroxyl groups excluding tert-OH is 2. The number of nitrogens with one attached hydrogen (secondary N) is 1. The predicted molar refractivity (Wildman–Crippen MR) is 70.7 cm³/mol. The van der Waals surface area contributed by atoms with Crippen LogP contribution in [-0.2, 0) is 10.0 Å². The van der Waals surface area contributed by atoms with E-state index in [-0.39, 0.29) is 16.1 Å². The summed E-state index contributed by atoms with van der Waals surface area (Å²) in [5.41, 5.74) is -1.78. The molecule has 1 aromatic rings. The fourth-order valence-corrected chi connectivity index (χ4v) is 3.24. The van der Waals surface area contributed by atoms with Crippen molar-refractivity contribution in [2.75, 3.05) is 13.2 Å². The number of nitro groups is 1. The average Bonchev–Trinajstić information content (AvgIpc) is 2.37. The molecule has 0 radical (unpaired) electrons. The SMILES string of the molecule is Cc1c([N+](=O)[O-])cccc1S(=O)(=O)NC(C)(CO)CO. The number of benzene rings is 1. The maximum Gasteiger partial charge on any atom is 0.273 e. The molecule has 0 aliphatic heterocycles. The summed E-state index contributed by atoms with van der Waals surface area (Å²) in [7, 11) is -4.10. The van der Waals surface area contributed by atoms with E-state index < -0.39 is 33.7 Å². The predicted octanol–water partition coefficient (Wildman–Crippen LogP) is -0.0752. The van der Waals surface area contributed by atoms with Gasteiger partial charge in [-0.25, -0.2) is 13.1 Å². The molecule has 0 fully saturated rings. The van der Waals surface area contributed by atoms with E-state index >= 15 is 0 Å². The second-order valence-electron chi connectivity index (χ2n) is 4.64. The first-order chi connectivity index (χ1) is 9.17. The molecule has 0 heterocycles. The van der Waals surface area contributed by atoms with E-state index in [2.05, 4.69) is 4.72 Å². The fraction of sp³-hybridized carbons (Fsp3) is 0.455. The lowest BCUT2D eigenvalue weighted by atomic mass is 10.1. The third-order valence-corrected chi connectivity index (χ3v) is 4.60. The number of rotatable bonds is 6. The van der Waals surface area contributed by atoms with Crippen LogP contribution in [0.3, 0.4) is 0 Å². The van der Waals surface area contributed by atoms with Crippen molar-refractivity contribution in [3.05, 3.63) is 33.9 Å². The summed E-state index contributed by atoms with van der Waals surface area (Å²) in [6.07, 6.45) is 0. The smallest absolute Gasteiger partial charge is 0.273 e. The second-order valence-corrected chi connectivity index (χ2v) is 6.29. The van der Waals surface area contributed by atoms with E-state index in [4.69, 9.17) is 10.2 Å². The standard InChI is InChI=1S/C11H16N2O6S/c1-8-9(13(16)17)4-3-5-10(8)20(18,19)12-11(2,6-14)7-15/h3-5,12,14-15H,6-7H2,1-2H3. The maximum absolute atomic E-state index is 12.2. The maximum atomic E-state index is 12.2. The van der Waals surface area contributed by atoms with Gasteiger partial charge in [-0.05, 0) is 19.9 Å². The van der Waals surface area contributed by atoms with Gasteiger partial charge in [-0.15, -0.1) is 0 Å². The Labute approximate surface area is 116 Å². The minimum Gasteiger partial charge on any atom is -0.394 e. The van der Waals surface area contributed by atoms with Crippen LogP contribution in [0.5, 0.6) is 0 Å². The Kier molecular flexibility index (Phi) is 4.81. The van der Waals surface area contributed by atoms with Crippen LogP contribution in [0.2, 0.25) is 0 Å². The first-order valence-corrected chi connectivity index (χ1v) is 7.15. The van der Waals surface area contributed by atoms with Gasteiger partial charge in [-0.2, -0.15) is 0 Å². The Morgan fingerprint density at radius 3 is 2.35 bits per heavy atom. The van der Waals surface area contributed by atoms with E-state index in [9.17, 15) is 18.5 Å². The van der Waals surface area contributed by atoms with Crippen LogP contribution in [0.4, 0.5) is 5.69 Å². The third-order valence-electron chi connectivity index (χ3n) is 2.82. The molecule has 0 unspecified atom stereocenters. The molecule has 0 atom stereocenters. The quantitative estimate of drug-likeness (QED) is 0.498. The summed E-state index contributed by atoms with van der Waals surface area (Å²) in [5, 5.41) is 29.0. The number of sulfonamides is 1. The molecule has 1 aromatic carbocycles. The van der Waals surface area contributed by atoms with Gasteiger partial charge in [0.05, 0.1) is 28.6 Å². The van der Waals surface area contributed by atoms with E-state index in [1.165, 1.54) is 32.0 Å². The lowest BCUT2D eigenvalue weighted by molar-refractivity contribution is -0.385. The zero-order valence-corrected chi connectivity index (χ0v) is 11.8. The van der Waals surface area contributed by atoms with Crippen molar-refractivity contribution >= 4 is 15.7 Å². The number of nitrogens with zero attached hydrogens (tertiary/aromatic N) is 1. The largest absolute Gasteiger partial charge is 0.394 e. The molecule has 0 bridgehead atoms. The number of nitro benzene ring substituents is 1. The van der Waals surface area contributed by atoms with E-state index in [0.29, 0.717) is 0 Å². The molecule has 8 nitrogen and oxygen atoms in total. The third kappa shape index (κ3) is 3.31. The van der Waals surface area contributed by atoms with Crippen LogP contribution in [0.25, 0.3) is 0 Å². The lowest BCUT2D eigenvalue weighted by Crippen LogP contribution is -2.51. The molecule has 1 rings (SSSR count). The molecule has 0 spiro atoms. The van der Waals surface area contributed by atoms with Crippen molar-refractivity contribution in [1.29, 1.82) is 0 Å². The molecular weight excluding hydrogens is 288 g/mol. The summed E-state index contributed by atoms with van der Waals surface area (Å²) in [5.74, 6) is 0. The normalized spacial score (nSPS) is 12.4. The van der Waals surface area contributed by atoms with Crippen LogP contribution in [-0.4, -0.2) is 42.3 Å². The zero-order valence-electron chi connectivity index (χ0n) is 11.0. The molecule has 0 aliphatic rings. The van der Waals surface area contributed by atoms with Gasteiger partial charge in [0.2, 0.25) is 10.0 Å². The fourth-order valence-electron chi connectivity index (χ4n) is 1.59. The highest BCUT2D eigenvalue weighted by atomic mass is 32.2. The molecule has 0 saturated carbocycles. The van der Waals surface area contributed by atoms with E-state index in [1.54, 1.807) is 0 Å². The Morgan fingerprint density at radius 2 is 1.90 bits per heavy atom. The zero-order chi connectivity index (χ0) is 15.6. The minimum atomic E-state index is -4.10. The molecular formula is C11H16N2O6S. The Bertz CT molecular complexity index is 609. The summed E-state index contributed by atoms with van der Waals surface area (Å²) in [6.45, 7) is 1.41. The van der Waals surface area contributed by atoms with Gasteiger partial charge in [0.15, 0.2) is 0 Å². The molecule has 0 aliphatic carbocycles. The van der Waals surface area contributed by atoms with E-state index in [1.807, 2.05) is 0 Å². The van der Waals surface area contributed by atoms with Crippen molar-refractivity contribution in [3.63, 3.8) is 0 Å². The number of hydrogen-bond donors (Lipinski definition) is 3. The van der Waals surface area contributed by atoms with Crippen molar-refractivity contribution in [3.8, 4) is 0 Å². The second kappa shape index (κ2) is 5.83. The molecule has 20 heavy (non-hydrogen) atoms. The summed E-state index contributed by atoms with van der Waals surface area (Å²) < 4.78 is 26.6. The van der Waals surface area contributed by atoms with E-state index in [0.717, 1.165) is 0 Å². The highest BCUT2D eigenvalue weighted by molar-refractivity contribution is 7.89. The van der Waals surface area contributed by atoms with Gasteiger partial charge < -0.3 is 10.2 Å². The minimum absolute atomic E-state index is 0.0109. The van der Waals surface area contributed by atoms with Gasteiger partial charge >= 0.3 is 0 Å². The van der Waals surface area contributed by atoms with Gasteiger partial charge in [-0.1, -0.05) is 6.07 Å². The van der Waals surface area contributed by atoms with Crippen LogP contribution in [0, 0.1) is 17.0 Å². The van der Waals surface area contributed by atoms with Gasteiger partial charge in [0.1, 0.15) is 0 Å². The number of hydrogen-bond acceptors (Lipinski definition) is 6. The Balaban J connectivity index is 3.30. The molecule has 112 valence electrons. The summed E-state index contributed by atoms with van der Waals surface area (Å²) in [6, 6.07) is 3.68. The highest BCUT2D eigenvalue weighted by Gasteiger charge is 2.31. The van der Waals surface area contributed by atoms with Crippen LogP contribution < -0.4 is 4.72 Å². The summed E-state index contributed by atoms with van der Waals surface area (Å²) in [4.78, 5) is 9.87. The van der Waals surface area contributed by atoms with Crippen molar-refractivity contribution < 1.29 is 23.6 Å². The number of aliphatic hydroxyl groups is 2. The average molecular weight is 304 g/mol. The Hall–Kier alpha value is -1.55. The van der Waals surface area contributed by atoms with Gasteiger partial charge in [0.25, 0.3) is 5.69 Å². The first-order valence-electron chi connectivity index (χ1n) is 5.66. The Morgan fingerprint density at radius 1 is 1.35 bits per heavy atom. The monoisotopic (exact) mass is 304 g/mol. The highest BCUT2D eigenvalue weighted by Crippen LogP contribution is 2.25. The summed E-state index contributed by atoms with van der Waals surface area (Å²) >= 11 is 0. The topological polar surface area (TPSA) is 130 Å². The molecule has 9 heteroatoms. The lowest BCUT2D eigenvalue weighted by Gasteiger charge is -2.26. The van der Waals surface area contributed by atoms with Gasteiger partial charge in [0, 0.05) is 11.6 Å². The molecule has 0 aromatic heterocycles. The van der Waals surface area contributed by atoms with Crippen LogP contribution in [0.1, 0.15) is 12.5 Å².